The third kappa shape index (κ3) is 6.79. The Morgan fingerprint density at radius 3 is 2.51 bits per heavy atom. The van der Waals surface area contributed by atoms with Gasteiger partial charge < -0.3 is 14.8 Å². The smallest absolute Gasteiger partial charge is 0.227 e. The predicted octanol–water partition coefficient (Wildman–Crippen LogP) is 8.75. The van der Waals surface area contributed by atoms with E-state index in [9.17, 15) is 4.79 Å². The molecule has 0 fully saturated rings. The summed E-state index contributed by atoms with van der Waals surface area (Å²) in [4.78, 5) is 17.7. The topological polar surface area (TPSA) is 78.3 Å². The minimum atomic E-state index is -0.514. The molecule has 7 nitrogen and oxygen atoms in total. The molecule has 1 unspecified atom stereocenters. The number of thioether (sulfide) groups is 1. The normalized spacial score (nSPS) is 14.7. The van der Waals surface area contributed by atoms with Gasteiger partial charge in [-0.1, -0.05) is 86.6 Å². The van der Waals surface area contributed by atoms with Crippen LogP contribution in [0.4, 0.5) is 5.95 Å². The molecule has 4 aromatic rings. The van der Waals surface area contributed by atoms with E-state index in [4.69, 9.17) is 31.2 Å². The van der Waals surface area contributed by atoms with Crippen molar-refractivity contribution in [2.24, 2.45) is 0 Å². The number of fused-ring (bicyclic) bond motifs is 1. The molecule has 5 rings (SSSR count). The zero-order chi connectivity index (χ0) is 30.9. The van der Waals surface area contributed by atoms with Crippen molar-refractivity contribution in [1.82, 2.24) is 14.8 Å². The number of anilines is 1. The van der Waals surface area contributed by atoms with Crippen LogP contribution in [-0.4, -0.2) is 27.7 Å². The number of rotatable bonds is 9. The van der Waals surface area contributed by atoms with Crippen LogP contribution in [0.3, 0.4) is 0 Å². The number of ether oxygens (including phenoxy) is 2. The molecule has 0 radical (unpaired) electrons. The van der Waals surface area contributed by atoms with Gasteiger partial charge in [0.25, 0.3) is 0 Å². The lowest BCUT2D eigenvalue weighted by Crippen LogP contribution is -2.28. The summed E-state index contributed by atoms with van der Waals surface area (Å²) in [6, 6.07) is 19.5. The number of hydrogen-bond donors (Lipinski definition) is 1. The molecule has 0 saturated heterocycles. The molecule has 0 aliphatic carbocycles. The number of carbonyl (C=O) groups is 1. The van der Waals surface area contributed by atoms with Gasteiger partial charge in [-0.25, -0.2) is 4.68 Å². The number of allylic oxidation sites excluding steroid dienone is 2. The third-order valence-corrected chi connectivity index (χ3v) is 9.14. The second-order valence-electron chi connectivity index (χ2n) is 11.4. The summed E-state index contributed by atoms with van der Waals surface area (Å²) in [6.07, 6.45) is 0. The van der Waals surface area contributed by atoms with Crippen LogP contribution in [-0.2, 0) is 22.6 Å². The SMILES string of the molecule is COc1cc(C2C(C(C)=O)=C(C)Nc3nc(SCc4ccccc4Cl)nn32)cc(Br)c1OCc1ccc(C(C)(C)C)cc1. The fraction of sp³-hybridized carbons (Fsp3) is 0.303. The highest BCUT2D eigenvalue weighted by Crippen LogP contribution is 2.43. The molecule has 224 valence electrons. The van der Waals surface area contributed by atoms with Crippen molar-refractivity contribution in [3.63, 3.8) is 0 Å². The number of benzene rings is 3. The minimum Gasteiger partial charge on any atom is -0.493 e. The summed E-state index contributed by atoms with van der Waals surface area (Å²) in [5, 5.41) is 9.36. The molecule has 2 heterocycles. The Kier molecular flexibility index (Phi) is 9.25. The predicted molar refractivity (Wildman–Crippen MR) is 176 cm³/mol. The lowest BCUT2D eigenvalue weighted by molar-refractivity contribution is -0.114. The number of nitrogens with zero attached hydrogens (tertiary/aromatic N) is 3. The monoisotopic (exact) mass is 680 g/mol. The summed E-state index contributed by atoms with van der Waals surface area (Å²) in [7, 11) is 1.61. The molecule has 43 heavy (non-hydrogen) atoms. The fourth-order valence-electron chi connectivity index (χ4n) is 5.01. The highest BCUT2D eigenvalue weighted by atomic mass is 79.9. The van der Waals surface area contributed by atoms with Crippen LogP contribution in [0, 0.1) is 0 Å². The lowest BCUT2D eigenvalue weighted by Gasteiger charge is -2.28. The van der Waals surface area contributed by atoms with Gasteiger partial charge in [0.05, 0.1) is 11.6 Å². The van der Waals surface area contributed by atoms with Crippen molar-refractivity contribution in [1.29, 1.82) is 0 Å². The third-order valence-electron chi connectivity index (χ3n) is 7.30. The number of hydrogen-bond acceptors (Lipinski definition) is 7. The zero-order valence-corrected chi connectivity index (χ0v) is 28.2. The Hall–Kier alpha value is -3.27. The molecule has 1 atom stereocenters. The Labute approximate surface area is 270 Å². The molecular weight excluding hydrogens is 648 g/mol. The van der Waals surface area contributed by atoms with E-state index in [1.165, 1.54) is 17.3 Å². The summed E-state index contributed by atoms with van der Waals surface area (Å²) < 4.78 is 14.5. The number of ketones is 1. The van der Waals surface area contributed by atoms with Gasteiger partial charge in [-0.3, -0.25) is 4.79 Å². The molecular formula is C33H34BrClN4O3S. The van der Waals surface area contributed by atoms with E-state index in [1.54, 1.807) is 18.7 Å². The second kappa shape index (κ2) is 12.8. The minimum absolute atomic E-state index is 0.0597. The molecule has 0 saturated carbocycles. The molecule has 10 heteroatoms. The van der Waals surface area contributed by atoms with Crippen molar-refractivity contribution in [3.05, 3.63) is 104 Å². The first-order valence-electron chi connectivity index (χ1n) is 13.9. The number of halogens is 2. The zero-order valence-electron chi connectivity index (χ0n) is 25.0. The summed E-state index contributed by atoms with van der Waals surface area (Å²) >= 11 is 11.6. The first kappa shape index (κ1) is 31.2. The maximum Gasteiger partial charge on any atom is 0.227 e. The van der Waals surface area contributed by atoms with Gasteiger partial charge in [0, 0.05) is 22.0 Å². The van der Waals surface area contributed by atoms with Crippen molar-refractivity contribution >= 4 is 51.0 Å². The van der Waals surface area contributed by atoms with Crippen LogP contribution in [0.15, 0.2) is 81.6 Å². The Morgan fingerprint density at radius 2 is 1.86 bits per heavy atom. The summed E-state index contributed by atoms with van der Waals surface area (Å²) in [5.74, 6) is 2.24. The standard InChI is InChI=1S/C33H34BrClN4O3S/c1-19-28(20(2)40)29(39-31(36-19)37-32(38-39)43-18-22-9-7-8-10-26(22)35)23-15-25(34)30(27(16-23)41-6)42-17-21-11-13-24(14-12-21)33(3,4)5/h7-16,29H,17-18H2,1-6H3,(H,36,37,38). The van der Waals surface area contributed by atoms with Crippen LogP contribution in [0.2, 0.25) is 5.02 Å². The van der Waals surface area contributed by atoms with Gasteiger partial charge in [0.15, 0.2) is 17.3 Å². The molecule has 0 amide bonds. The number of aromatic nitrogens is 3. The van der Waals surface area contributed by atoms with E-state index >= 15 is 0 Å². The molecule has 0 bridgehead atoms. The molecule has 1 aliphatic rings. The molecule has 1 aliphatic heterocycles. The van der Waals surface area contributed by atoms with Gasteiger partial charge in [-0.15, -0.1) is 5.10 Å². The highest BCUT2D eigenvalue weighted by Gasteiger charge is 2.34. The van der Waals surface area contributed by atoms with E-state index in [0.29, 0.717) is 50.0 Å². The van der Waals surface area contributed by atoms with Crippen LogP contribution < -0.4 is 14.8 Å². The van der Waals surface area contributed by atoms with E-state index in [-0.39, 0.29) is 11.2 Å². The average Bonchev–Trinajstić information content (AvgIpc) is 3.36. The Balaban J connectivity index is 1.45. The van der Waals surface area contributed by atoms with Crippen LogP contribution in [0.5, 0.6) is 11.5 Å². The van der Waals surface area contributed by atoms with Crippen LogP contribution in [0.1, 0.15) is 62.9 Å². The summed E-state index contributed by atoms with van der Waals surface area (Å²) in [6.45, 7) is 10.4. The lowest BCUT2D eigenvalue weighted by atomic mass is 9.87. The maximum atomic E-state index is 13.0. The van der Waals surface area contributed by atoms with Crippen molar-refractivity contribution < 1.29 is 14.3 Å². The van der Waals surface area contributed by atoms with E-state index < -0.39 is 6.04 Å². The fourth-order valence-corrected chi connectivity index (χ4v) is 6.70. The van der Waals surface area contributed by atoms with Crippen molar-refractivity contribution in [2.75, 3.05) is 12.4 Å². The first-order valence-corrected chi connectivity index (χ1v) is 16.0. The molecule has 1 aromatic heterocycles. The first-order chi connectivity index (χ1) is 20.5. The molecule has 0 spiro atoms. The highest BCUT2D eigenvalue weighted by molar-refractivity contribution is 9.10. The molecule has 3 aromatic carbocycles. The number of Topliss-reactive ketones (excluding diaryl/α,β-unsaturated/α-hetero) is 1. The summed E-state index contributed by atoms with van der Waals surface area (Å²) in [5.41, 5.74) is 5.54. The Morgan fingerprint density at radius 1 is 1.14 bits per heavy atom. The quantitative estimate of drug-likeness (QED) is 0.177. The maximum absolute atomic E-state index is 13.0. The second-order valence-corrected chi connectivity index (χ2v) is 13.6. The van der Waals surface area contributed by atoms with E-state index in [2.05, 4.69) is 66.3 Å². The van der Waals surface area contributed by atoms with Crippen LogP contribution in [0.25, 0.3) is 0 Å². The van der Waals surface area contributed by atoms with Gasteiger partial charge in [0.2, 0.25) is 11.1 Å². The Bertz CT molecular complexity index is 1700. The van der Waals surface area contributed by atoms with Gasteiger partial charge >= 0.3 is 0 Å². The number of carbonyl (C=O) groups excluding carboxylic acids is 1. The van der Waals surface area contributed by atoms with Gasteiger partial charge in [-0.05, 0) is 75.6 Å². The van der Waals surface area contributed by atoms with E-state index in [1.807, 2.05) is 43.3 Å². The number of nitrogens with one attached hydrogen (secondary N) is 1. The van der Waals surface area contributed by atoms with E-state index in [0.717, 1.165) is 22.4 Å². The largest absolute Gasteiger partial charge is 0.493 e. The van der Waals surface area contributed by atoms with Gasteiger partial charge in [0.1, 0.15) is 12.6 Å². The van der Waals surface area contributed by atoms with Crippen molar-refractivity contribution in [3.8, 4) is 11.5 Å². The van der Waals surface area contributed by atoms with Crippen molar-refractivity contribution in [2.45, 2.75) is 63.6 Å². The molecule has 1 N–H and O–H groups in total. The number of methoxy groups -OCH3 is 1. The van der Waals surface area contributed by atoms with Gasteiger partial charge in [-0.2, -0.15) is 4.98 Å². The average molecular weight is 682 g/mol. The van der Waals surface area contributed by atoms with Crippen LogP contribution >= 0.6 is 39.3 Å².